The van der Waals surface area contributed by atoms with Gasteiger partial charge in [-0.05, 0) is 113 Å². The molecular formula is C31H45N5O. The normalized spacial score (nSPS) is 21.9. The number of hydrogen-bond donors (Lipinski definition) is 2. The van der Waals surface area contributed by atoms with E-state index in [2.05, 4.69) is 66.1 Å². The molecule has 1 atom stereocenters. The molecule has 3 heterocycles. The zero-order valence-corrected chi connectivity index (χ0v) is 23.3. The maximum atomic E-state index is 13.7. The second-order valence-corrected chi connectivity index (χ2v) is 11.6. The molecule has 5 rings (SSSR count). The molecule has 1 aromatic carbocycles. The van der Waals surface area contributed by atoms with Crippen LogP contribution in [0.4, 0.5) is 0 Å². The zero-order valence-electron chi connectivity index (χ0n) is 23.3. The van der Waals surface area contributed by atoms with E-state index in [0.29, 0.717) is 18.5 Å². The van der Waals surface area contributed by atoms with Crippen LogP contribution in [0.25, 0.3) is 10.9 Å². The SMILES string of the molecule is CCCCN1CCC(c2cc(C(=O)NCC3=C(C)C=C(C)NC3C)c3cnn(C4CCCC4)c3c2)CC1. The van der Waals surface area contributed by atoms with Gasteiger partial charge >= 0.3 is 0 Å². The summed E-state index contributed by atoms with van der Waals surface area (Å²) >= 11 is 0. The fraction of sp³-hybridized carbons (Fsp3) is 0.613. The highest BCUT2D eigenvalue weighted by atomic mass is 16.1. The summed E-state index contributed by atoms with van der Waals surface area (Å²) in [5.41, 5.74) is 6.90. The quantitative estimate of drug-likeness (QED) is 0.459. The predicted octanol–water partition coefficient (Wildman–Crippen LogP) is 6.07. The number of hydrogen-bond acceptors (Lipinski definition) is 4. The molecule has 1 saturated carbocycles. The number of amides is 1. The third-order valence-corrected chi connectivity index (χ3v) is 8.89. The molecule has 6 heteroatoms. The molecule has 6 nitrogen and oxygen atoms in total. The van der Waals surface area contributed by atoms with Crippen LogP contribution in [0.1, 0.15) is 107 Å². The molecule has 0 radical (unpaired) electrons. The summed E-state index contributed by atoms with van der Waals surface area (Å²) < 4.78 is 2.23. The smallest absolute Gasteiger partial charge is 0.252 e. The van der Waals surface area contributed by atoms with Gasteiger partial charge in [-0.15, -0.1) is 0 Å². The predicted molar refractivity (Wildman–Crippen MR) is 152 cm³/mol. The molecule has 1 aromatic heterocycles. The highest BCUT2D eigenvalue weighted by Gasteiger charge is 2.26. The molecule has 1 amide bonds. The topological polar surface area (TPSA) is 62.2 Å². The first-order valence-corrected chi connectivity index (χ1v) is 14.6. The van der Waals surface area contributed by atoms with Gasteiger partial charge in [0, 0.05) is 23.7 Å². The van der Waals surface area contributed by atoms with Crippen molar-refractivity contribution in [2.45, 2.75) is 97.1 Å². The van der Waals surface area contributed by atoms with Gasteiger partial charge in [0.05, 0.1) is 23.3 Å². The minimum atomic E-state index is 0.0111. The fourth-order valence-corrected chi connectivity index (χ4v) is 6.69. The van der Waals surface area contributed by atoms with E-state index in [1.165, 1.54) is 67.5 Å². The molecule has 1 aliphatic carbocycles. The van der Waals surface area contributed by atoms with Gasteiger partial charge in [0.2, 0.25) is 0 Å². The van der Waals surface area contributed by atoms with Crippen molar-refractivity contribution in [1.82, 2.24) is 25.3 Å². The van der Waals surface area contributed by atoms with Gasteiger partial charge < -0.3 is 15.5 Å². The first-order valence-electron chi connectivity index (χ1n) is 14.6. The van der Waals surface area contributed by atoms with Crippen LogP contribution in [0.15, 0.2) is 41.2 Å². The lowest BCUT2D eigenvalue weighted by Crippen LogP contribution is -2.36. The number of aromatic nitrogens is 2. The number of fused-ring (bicyclic) bond motifs is 1. The summed E-state index contributed by atoms with van der Waals surface area (Å²) in [5, 5.41) is 12.6. The molecular weight excluding hydrogens is 458 g/mol. The van der Waals surface area contributed by atoms with Crippen molar-refractivity contribution < 1.29 is 4.79 Å². The standard InChI is InChI=1S/C31H45N5O/c1-5-6-13-35-14-11-24(12-15-35)25-17-27(29-20-33-36(30(29)18-25)26-9-7-8-10-26)31(37)32-19-28-21(2)16-22(3)34-23(28)4/h16-18,20,23-24,26,34H,5-15,19H2,1-4H3,(H,32,37). The van der Waals surface area contributed by atoms with Crippen LogP contribution in [0, 0.1) is 0 Å². The molecule has 1 saturated heterocycles. The number of nitrogens with one attached hydrogen (secondary N) is 2. The van der Waals surface area contributed by atoms with Crippen LogP contribution in [-0.2, 0) is 0 Å². The Morgan fingerprint density at radius 1 is 1.14 bits per heavy atom. The second kappa shape index (κ2) is 11.4. The Bertz CT molecular complexity index is 1180. The van der Waals surface area contributed by atoms with Gasteiger partial charge in [0.1, 0.15) is 0 Å². The molecule has 2 N–H and O–H groups in total. The summed E-state index contributed by atoms with van der Waals surface area (Å²) in [6.07, 6.45) is 13.9. The Morgan fingerprint density at radius 2 is 1.89 bits per heavy atom. The van der Waals surface area contributed by atoms with Gasteiger partial charge in [-0.3, -0.25) is 9.48 Å². The third kappa shape index (κ3) is 5.64. The highest BCUT2D eigenvalue weighted by molar-refractivity contribution is 6.06. The van der Waals surface area contributed by atoms with Crippen molar-refractivity contribution in [3.05, 3.63) is 52.4 Å². The van der Waals surface area contributed by atoms with Gasteiger partial charge in [-0.2, -0.15) is 5.10 Å². The summed E-state index contributed by atoms with van der Waals surface area (Å²) in [6, 6.07) is 5.21. The minimum absolute atomic E-state index is 0.0111. The Morgan fingerprint density at radius 3 is 2.59 bits per heavy atom. The van der Waals surface area contributed by atoms with Crippen molar-refractivity contribution in [1.29, 1.82) is 0 Å². The Balaban J connectivity index is 1.42. The number of benzene rings is 1. The first kappa shape index (κ1) is 26.0. The molecule has 3 aliphatic rings. The number of likely N-dealkylation sites (tertiary alicyclic amines) is 1. The van der Waals surface area contributed by atoms with Crippen LogP contribution >= 0.6 is 0 Å². The van der Waals surface area contributed by atoms with Crippen molar-refractivity contribution in [2.75, 3.05) is 26.2 Å². The van der Waals surface area contributed by atoms with E-state index >= 15 is 0 Å². The van der Waals surface area contributed by atoms with Crippen LogP contribution < -0.4 is 10.6 Å². The van der Waals surface area contributed by atoms with Crippen molar-refractivity contribution in [2.24, 2.45) is 0 Å². The van der Waals surface area contributed by atoms with Gasteiger partial charge in [-0.1, -0.05) is 26.2 Å². The van der Waals surface area contributed by atoms with E-state index in [-0.39, 0.29) is 11.9 Å². The zero-order chi connectivity index (χ0) is 25.9. The fourth-order valence-electron chi connectivity index (χ4n) is 6.69. The molecule has 0 bridgehead atoms. The average molecular weight is 504 g/mol. The van der Waals surface area contributed by atoms with E-state index < -0.39 is 0 Å². The van der Waals surface area contributed by atoms with Crippen LogP contribution in [0.5, 0.6) is 0 Å². The Kier molecular flexibility index (Phi) is 8.04. The Labute approximate surface area is 222 Å². The number of carbonyl (C=O) groups is 1. The maximum Gasteiger partial charge on any atom is 0.252 e. The molecule has 37 heavy (non-hydrogen) atoms. The number of allylic oxidation sites excluding steroid dienone is 3. The molecule has 1 unspecified atom stereocenters. The second-order valence-electron chi connectivity index (χ2n) is 11.6. The lowest BCUT2D eigenvalue weighted by atomic mass is 9.87. The Hall–Kier alpha value is -2.60. The van der Waals surface area contributed by atoms with E-state index in [0.717, 1.165) is 42.4 Å². The number of dihydropyridines is 1. The number of unbranched alkanes of at least 4 members (excludes halogenated alkanes) is 1. The molecule has 200 valence electrons. The molecule has 2 fully saturated rings. The van der Waals surface area contributed by atoms with E-state index in [1.807, 2.05) is 6.20 Å². The monoisotopic (exact) mass is 503 g/mol. The lowest BCUT2D eigenvalue weighted by Gasteiger charge is -2.32. The number of carbonyl (C=O) groups excluding carboxylic acids is 1. The van der Waals surface area contributed by atoms with Crippen molar-refractivity contribution >= 4 is 16.8 Å². The average Bonchev–Trinajstić information content (AvgIpc) is 3.56. The molecule has 2 aromatic rings. The van der Waals surface area contributed by atoms with E-state index in [9.17, 15) is 4.79 Å². The number of piperidine rings is 1. The van der Waals surface area contributed by atoms with Gasteiger partial charge in [0.15, 0.2) is 0 Å². The van der Waals surface area contributed by atoms with Crippen LogP contribution in [0.3, 0.4) is 0 Å². The first-order chi connectivity index (χ1) is 17.9. The van der Waals surface area contributed by atoms with Crippen LogP contribution in [0.2, 0.25) is 0 Å². The summed E-state index contributed by atoms with van der Waals surface area (Å²) in [5.74, 6) is 0.512. The van der Waals surface area contributed by atoms with Crippen LogP contribution in [-0.4, -0.2) is 52.8 Å². The van der Waals surface area contributed by atoms with E-state index in [1.54, 1.807) is 0 Å². The largest absolute Gasteiger partial charge is 0.382 e. The summed E-state index contributed by atoms with van der Waals surface area (Å²) in [4.78, 5) is 16.3. The third-order valence-electron chi connectivity index (χ3n) is 8.89. The minimum Gasteiger partial charge on any atom is -0.382 e. The van der Waals surface area contributed by atoms with Gasteiger partial charge in [-0.25, -0.2) is 0 Å². The van der Waals surface area contributed by atoms with E-state index in [4.69, 9.17) is 5.10 Å². The molecule has 2 aliphatic heterocycles. The summed E-state index contributed by atoms with van der Waals surface area (Å²) in [6.45, 7) is 12.7. The lowest BCUT2D eigenvalue weighted by molar-refractivity contribution is 0.0958. The molecule has 0 spiro atoms. The summed E-state index contributed by atoms with van der Waals surface area (Å²) in [7, 11) is 0. The number of rotatable bonds is 8. The maximum absolute atomic E-state index is 13.7. The number of nitrogens with zero attached hydrogens (tertiary/aromatic N) is 3. The van der Waals surface area contributed by atoms with Gasteiger partial charge in [0.25, 0.3) is 5.91 Å². The van der Waals surface area contributed by atoms with Crippen molar-refractivity contribution in [3.63, 3.8) is 0 Å². The highest BCUT2D eigenvalue weighted by Crippen LogP contribution is 2.36. The van der Waals surface area contributed by atoms with Crippen molar-refractivity contribution in [3.8, 4) is 0 Å².